The molecule has 0 bridgehead atoms. The van der Waals surface area contributed by atoms with Crippen LogP contribution < -0.4 is 14.9 Å². The van der Waals surface area contributed by atoms with Gasteiger partial charge in [0.05, 0.1) is 22.9 Å². The number of carbonyl (C=O) groups excluding carboxylic acids is 1. The molecule has 0 aliphatic carbocycles. The van der Waals surface area contributed by atoms with Gasteiger partial charge in [-0.3, -0.25) is 9.36 Å². The third kappa shape index (κ3) is 3.62. The average Bonchev–Trinajstić information content (AvgIpc) is 3.03. The Bertz CT molecular complexity index is 1350. The van der Waals surface area contributed by atoms with E-state index in [-0.39, 0.29) is 11.1 Å². The maximum atomic E-state index is 13.4. The van der Waals surface area contributed by atoms with E-state index in [1.165, 1.54) is 23.0 Å². The van der Waals surface area contributed by atoms with Crippen LogP contribution in [0, 0.1) is 0 Å². The predicted octanol–water partition coefficient (Wildman–Crippen LogP) is 3.72. The summed E-state index contributed by atoms with van der Waals surface area (Å²) in [6.07, 6.45) is 1.78. The number of ether oxygens (including phenoxy) is 1. The lowest BCUT2D eigenvalue weighted by atomic mass is 9.96. The van der Waals surface area contributed by atoms with Gasteiger partial charge in [-0.05, 0) is 42.3 Å². The molecule has 0 spiro atoms. The number of nitrogens with zero attached hydrogens (tertiary/aromatic N) is 2. The van der Waals surface area contributed by atoms with Crippen LogP contribution in [0.3, 0.4) is 0 Å². The van der Waals surface area contributed by atoms with Crippen LogP contribution in [0.1, 0.15) is 24.1 Å². The van der Waals surface area contributed by atoms with E-state index in [0.29, 0.717) is 30.6 Å². The molecule has 0 fully saturated rings. The summed E-state index contributed by atoms with van der Waals surface area (Å²) < 4.78 is 6.99. The van der Waals surface area contributed by atoms with E-state index in [2.05, 4.69) is 4.99 Å². The van der Waals surface area contributed by atoms with Gasteiger partial charge in [0.15, 0.2) is 4.80 Å². The number of esters is 1. The second kappa shape index (κ2) is 8.22. The number of fused-ring (bicyclic) bond motifs is 1. The number of allylic oxidation sites excluding steroid dienone is 1. The molecule has 8 heteroatoms. The van der Waals surface area contributed by atoms with E-state index in [9.17, 15) is 9.59 Å². The van der Waals surface area contributed by atoms with Crippen LogP contribution in [0.4, 0.5) is 0 Å². The first-order chi connectivity index (χ1) is 14.4. The van der Waals surface area contributed by atoms with Crippen molar-refractivity contribution in [3.63, 3.8) is 0 Å². The van der Waals surface area contributed by atoms with E-state index < -0.39 is 12.0 Å². The summed E-state index contributed by atoms with van der Waals surface area (Å²) in [5.41, 5.74) is 1.99. The third-order valence-corrected chi connectivity index (χ3v) is 6.37. The summed E-state index contributed by atoms with van der Waals surface area (Å²) in [4.78, 5) is 31.0. The molecule has 0 amide bonds. The smallest absolute Gasteiger partial charge is 0.338 e. The maximum absolute atomic E-state index is 13.4. The Morgan fingerprint density at radius 2 is 1.87 bits per heavy atom. The minimum absolute atomic E-state index is 0.257. The maximum Gasteiger partial charge on any atom is 0.338 e. The molecular weight excluding hydrogens is 443 g/mol. The van der Waals surface area contributed by atoms with Gasteiger partial charge >= 0.3 is 5.97 Å². The Labute approximate surface area is 186 Å². The van der Waals surface area contributed by atoms with Crippen molar-refractivity contribution in [2.45, 2.75) is 13.0 Å². The summed E-state index contributed by atoms with van der Waals surface area (Å²) in [5.74, 6) is -0.548. The Kier molecular flexibility index (Phi) is 5.64. The Hall–Kier alpha value is -2.67. The highest BCUT2D eigenvalue weighted by Crippen LogP contribution is 2.34. The number of aromatic nitrogens is 1. The van der Waals surface area contributed by atoms with Gasteiger partial charge in [-0.2, -0.15) is 0 Å². The summed E-state index contributed by atoms with van der Waals surface area (Å²) in [5, 5.41) is 1.07. The molecular formula is C22H16Cl2N2O3S. The van der Waals surface area contributed by atoms with Gasteiger partial charge in [-0.1, -0.05) is 64.9 Å². The lowest BCUT2D eigenvalue weighted by Crippen LogP contribution is -2.39. The first-order valence-corrected chi connectivity index (χ1v) is 10.6. The summed E-state index contributed by atoms with van der Waals surface area (Å²) in [6, 6.07) is 13.6. The second-order valence-electron chi connectivity index (χ2n) is 6.65. The van der Waals surface area contributed by atoms with E-state index in [1.807, 2.05) is 18.2 Å². The lowest BCUT2D eigenvalue weighted by molar-refractivity contribution is -0.136. The minimum Gasteiger partial charge on any atom is -0.466 e. The molecule has 0 saturated heterocycles. The molecule has 0 N–H and O–H groups in total. The highest BCUT2D eigenvalue weighted by Gasteiger charge is 2.34. The third-order valence-electron chi connectivity index (χ3n) is 4.79. The van der Waals surface area contributed by atoms with Crippen molar-refractivity contribution in [3.05, 3.63) is 101 Å². The first-order valence-electron chi connectivity index (χ1n) is 9.01. The highest BCUT2D eigenvalue weighted by atomic mass is 35.5. The van der Waals surface area contributed by atoms with Crippen molar-refractivity contribution >= 4 is 46.6 Å². The predicted molar refractivity (Wildman–Crippen MR) is 119 cm³/mol. The Balaban J connectivity index is 2.00. The van der Waals surface area contributed by atoms with Crippen LogP contribution in [0.2, 0.25) is 10.0 Å². The van der Waals surface area contributed by atoms with Crippen molar-refractivity contribution in [2.75, 3.05) is 7.11 Å². The normalized spacial score (nSPS) is 16.3. The fourth-order valence-corrected chi connectivity index (χ4v) is 4.81. The van der Waals surface area contributed by atoms with Gasteiger partial charge in [0.25, 0.3) is 5.56 Å². The number of hydrogen-bond acceptors (Lipinski definition) is 5. The van der Waals surface area contributed by atoms with Crippen LogP contribution in [-0.2, 0) is 9.53 Å². The number of methoxy groups -OCH3 is 1. The summed E-state index contributed by atoms with van der Waals surface area (Å²) in [7, 11) is 1.30. The van der Waals surface area contributed by atoms with Crippen LogP contribution in [0.5, 0.6) is 0 Å². The molecule has 2 aromatic carbocycles. The molecule has 3 aromatic rings. The topological polar surface area (TPSA) is 60.7 Å². The summed E-state index contributed by atoms with van der Waals surface area (Å²) in [6.45, 7) is 1.73. The number of thiazole rings is 1. The van der Waals surface area contributed by atoms with Crippen molar-refractivity contribution in [1.29, 1.82) is 0 Å². The second-order valence-corrected chi connectivity index (χ2v) is 8.50. The van der Waals surface area contributed by atoms with Crippen LogP contribution in [0.25, 0.3) is 6.08 Å². The molecule has 0 saturated carbocycles. The number of hydrogen-bond donors (Lipinski definition) is 0. The van der Waals surface area contributed by atoms with Crippen LogP contribution in [-0.4, -0.2) is 17.6 Å². The fourth-order valence-electron chi connectivity index (χ4n) is 3.39. The van der Waals surface area contributed by atoms with E-state index >= 15 is 0 Å². The van der Waals surface area contributed by atoms with Gasteiger partial charge in [0.1, 0.15) is 6.04 Å². The molecule has 30 heavy (non-hydrogen) atoms. The zero-order chi connectivity index (χ0) is 21.4. The van der Waals surface area contributed by atoms with E-state index in [1.54, 1.807) is 43.3 Å². The number of halogens is 2. The van der Waals surface area contributed by atoms with Gasteiger partial charge < -0.3 is 4.74 Å². The molecule has 152 valence electrons. The molecule has 1 aliphatic rings. The highest BCUT2D eigenvalue weighted by molar-refractivity contribution is 7.07. The average molecular weight is 459 g/mol. The van der Waals surface area contributed by atoms with Gasteiger partial charge in [0, 0.05) is 10.0 Å². The molecule has 0 radical (unpaired) electrons. The van der Waals surface area contributed by atoms with Crippen molar-refractivity contribution < 1.29 is 9.53 Å². The van der Waals surface area contributed by atoms with Crippen molar-refractivity contribution in [1.82, 2.24) is 4.57 Å². The Morgan fingerprint density at radius 3 is 2.53 bits per heavy atom. The monoisotopic (exact) mass is 458 g/mol. The SMILES string of the molecule is COC(=O)C1=C(C)N=c2s/c(=C/c3ccc(Cl)cc3)c(=O)n2C1c1ccccc1Cl. The summed E-state index contributed by atoms with van der Waals surface area (Å²) >= 11 is 13.7. The molecule has 1 aromatic heterocycles. The number of benzene rings is 2. The zero-order valence-electron chi connectivity index (χ0n) is 16.1. The number of rotatable bonds is 3. The van der Waals surface area contributed by atoms with Gasteiger partial charge in [-0.15, -0.1) is 0 Å². The molecule has 4 rings (SSSR count). The zero-order valence-corrected chi connectivity index (χ0v) is 18.4. The minimum atomic E-state index is -0.727. The van der Waals surface area contributed by atoms with Crippen LogP contribution in [0.15, 0.2) is 69.6 Å². The number of carbonyl (C=O) groups is 1. The molecule has 2 heterocycles. The van der Waals surface area contributed by atoms with Crippen molar-refractivity contribution in [3.8, 4) is 0 Å². The standard InChI is InChI=1S/C22H16Cl2N2O3S/c1-12-18(21(28)29-2)19(15-5-3-4-6-16(15)24)26-20(27)17(30-22(26)25-12)11-13-7-9-14(23)10-8-13/h3-11,19H,1-2H3/b17-11+. The van der Waals surface area contributed by atoms with E-state index in [0.717, 1.165) is 5.56 Å². The van der Waals surface area contributed by atoms with Gasteiger partial charge in [0.2, 0.25) is 0 Å². The molecule has 1 aliphatic heterocycles. The lowest BCUT2D eigenvalue weighted by Gasteiger charge is -2.25. The quantitative estimate of drug-likeness (QED) is 0.561. The van der Waals surface area contributed by atoms with Gasteiger partial charge in [-0.25, -0.2) is 9.79 Å². The van der Waals surface area contributed by atoms with E-state index in [4.69, 9.17) is 27.9 Å². The fraction of sp³-hybridized carbons (Fsp3) is 0.136. The molecule has 1 atom stereocenters. The first kappa shape index (κ1) is 20.6. The largest absolute Gasteiger partial charge is 0.466 e. The molecule has 1 unspecified atom stereocenters. The molecule has 5 nitrogen and oxygen atoms in total. The Morgan fingerprint density at radius 1 is 1.17 bits per heavy atom. The van der Waals surface area contributed by atoms with Crippen LogP contribution >= 0.6 is 34.5 Å². The van der Waals surface area contributed by atoms with Crippen molar-refractivity contribution in [2.24, 2.45) is 4.99 Å².